The summed E-state index contributed by atoms with van der Waals surface area (Å²) in [5, 5.41) is 3.59. The minimum absolute atomic E-state index is 0.174. The van der Waals surface area contributed by atoms with E-state index in [1.807, 2.05) is 12.1 Å². The fourth-order valence-electron chi connectivity index (χ4n) is 2.77. The maximum absolute atomic E-state index is 12.1. The number of hydrogen-bond acceptors (Lipinski definition) is 3. The lowest BCUT2D eigenvalue weighted by atomic mass is 10.2. The molecule has 1 saturated heterocycles. The molecule has 3 rings (SSSR count). The summed E-state index contributed by atoms with van der Waals surface area (Å²) in [5.41, 5.74) is 0.898. The minimum Gasteiger partial charge on any atom is -0.451 e. The third kappa shape index (κ3) is 4.60. The number of ether oxygens (including phenoxy) is 1. The lowest BCUT2D eigenvalue weighted by Gasteiger charge is -2.23. The van der Waals surface area contributed by atoms with Gasteiger partial charge in [-0.05, 0) is 36.4 Å². The molecule has 1 amide bonds. The highest BCUT2D eigenvalue weighted by molar-refractivity contribution is 6.30. The van der Waals surface area contributed by atoms with Crippen LogP contribution in [0.15, 0.2) is 40.8 Å². The first-order valence-corrected chi connectivity index (χ1v) is 8.65. The summed E-state index contributed by atoms with van der Waals surface area (Å²) in [6.07, 6.45) is 0.950. The number of rotatable bonds is 6. The van der Waals surface area contributed by atoms with Crippen molar-refractivity contribution in [1.29, 1.82) is 0 Å². The molecule has 1 aromatic heterocycles. The summed E-state index contributed by atoms with van der Waals surface area (Å²) in [6, 6.07) is 10.8. The van der Waals surface area contributed by atoms with Gasteiger partial charge in [0.2, 0.25) is 0 Å². The molecule has 0 unspecified atom stereocenters. The molecule has 5 nitrogen and oxygen atoms in total. The van der Waals surface area contributed by atoms with Gasteiger partial charge >= 0.3 is 0 Å². The first kappa shape index (κ1) is 17.0. The normalized spacial score (nSPS) is 15.4. The molecule has 1 aliphatic rings. The molecular weight excluding hydrogens is 328 g/mol. The van der Waals surface area contributed by atoms with Gasteiger partial charge in [0.05, 0.1) is 19.8 Å². The van der Waals surface area contributed by atoms with Crippen molar-refractivity contribution in [3.8, 4) is 11.3 Å². The Morgan fingerprint density at radius 1 is 1.12 bits per heavy atom. The topological polar surface area (TPSA) is 55.9 Å². The predicted molar refractivity (Wildman–Crippen MR) is 92.5 cm³/mol. The van der Waals surface area contributed by atoms with Crippen LogP contribution in [-0.4, -0.2) is 45.3 Å². The Balaban J connectivity index is 1.46. The molecule has 1 aliphatic heterocycles. The van der Waals surface area contributed by atoms with Gasteiger partial charge in [-0.25, -0.2) is 0 Å². The predicted octanol–water partition coefficient (Wildman–Crippen LogP) is 1.64. The van der Waals surface area contributed by atoms with Gasteiger partial charge in [0.15, 0.2) is 5.76 Å². The number of halogens is 1. The van der Waals surface area contributed by atoms with Gasteiger partial charge in [-0.1, -0.05) is 11.6 Å². The van der Waals surface area contributed by atoms with Crippen LogP contribution in [0.1, 0.15) is 17.0 Å². The van der Waals surface area contributed by atoms with Gasteiger partial charge in [-0.15, -0.1) is 0 Å². The zero-order valence-electron chi connectivity index (χ0n) is 13.5. The molecule has 2 aromatic rings. The number of carbonyl (C=O) groups is 1. The van der Waals surface area contributed by atoms with E-state index in [2.05, 4.69) is 5.32 Å². The zero-order valence-corrected chi connectivity index (χ0v) is 14.3. The summed E-state index contributed by atoms with van der Waals surface area (Å²) in [6.45, 7) is 5.48. The number of morpholine rings is 1. The monoisotopic (exact) mass is 349 g/mol. The second kappa shape index (κ2) is 8.33. The number of quaternary nitrogens is 1. The van der Waals surface area contributed by atoms with E-state index in [0.717, 1.165) is 44.8 Å². The molecule has 2 N–H and O–H groups in total. The van der Waals surface area contributed by atoms with E-state index in [-0.39, 0.29) is 5.91 Å². The van der Waals surface area contributed by atoms with Crippen molar-refractivity contribution >= 4 is 17.5 Å². The van der Waals surface area contributed by atoms with Gasteiger partial charge < -0.3 is 19.4 Å². The maximum atomic E-state index is 12.1. The molecule has 0 radical (unpaired) electrons. The Kier molecular flexibility index (Phi) is 5.91. The summed E-state index contributed by atoms with van der Waals surface area (Å²) in [5.74, 6) is 0.820. The number of hydrogen-bond donors (Lipinski definition) is 2. The first-order chi connectivity index (χ1) is 11.7. The highest BCUT2D eigenvalue weighted by Gasteiger charge is 2.14. The van der Waals surface area contributed by atoms with Gasteiger partial charge in [0.25, 0.3) is 5.91 Å². The molecule has 2 heterocycles. The summed E-state index contributed by atoms with van der Waals surface area (Å²) in [4.78, 5) is 13.7. The SMILES string of the molecule is O=C(NCCC[NH+]1CCOCC1)c1ccc(-c2ccc(Cl)cc2)o1. The second-order valence-electron chi connectivity index (χ2n) is 5.89. The second-order valence-corrected chi connectivity index (χ2v) is 6.33. The number of nitrogens with one attached hydrogen (secondary N) is 2. The molecule has 0 aliphatic carbocycles. The molecule has 0 bridgehead atoms. The Labute approximate surface area is 146 Å². The first-order valence-electron chi connectivity index (χ1n) is 8.27. The highest BCUT2D eigenvalue weighted by atomic mass is 35.5. The number of carbonyl (C=O) groups excluding carboxylic acids is 1. The Morgan fingerprint density at radius 2 is 1.88 bits per heavy atom. The van der Waals surface area contributed by atoms with Crippen LogP contribution in [0, 0.1) is 0 Å². The van der Waals surface area contributed by atoms with Crippen molar-refractivity contribution in [2.24, 2.45) is 0 Å². The molecule has 0 saturated carbocycles. The molecule has 128 valence electrons. The van der Waals surface area contributed by atoms with Crippen LogP contribution < -0.4 is 10.2 Å². The number of amides is 1. The van der Waals surface area contributed by atoms with Crippen LogP contribution in [-0.2, 0) is 4.74 Å². The molecule has 0 atom stereocenters. The third-order valence-electron chi connectivity index (χ3n) is 4.15. The summed E-state index contributed by atoms with van der Waals surface area (Å²) in [7, 11) is 0. The molecule has 6 heteroatoms. The minimum atomic E-state index is -0.174. The fraction of sp³-hybridized carbons (Fsp3) is 0.389. The van der Waals surface area contributed by atoms with E-state index in [9.17, 15) is 4.79 Å². The van der Waals surface area contributed by atoms with Crippen molar-refractivity contribution < 1.29 is 18.8 Å². The Hall–Kier alpha value is -1.82. The average molecular weight is 350 g/mol. The van der Waals surface area contributed by atoms with Crippen LogP contribution in [0.2, 0.25) is 5.02 Å². The van der Waals surface area contributed by atoms with E-state index in [4.69, 9.17) is 20.8 Å². The smallest absolute Gasteiger partial charge is 0.287 e. The van der Waals surface area contributed by atoms with E-state index in [1.54, 1.807) is 29.2 Å². The van der Waals surface area contributed by atoms with Crippen LogP contribution >= 0.6 is 11.6 Å². The quantitative estimate of drug-likeness (QED) is 0.779. The van der Waals surface area contributed by atoms with E-state index in [1.165, 1.54) is 0 Å². The maximum Gasteiger partial charge on any atom is 0.287 e. The Morgan fingerprint density at radius 3 is 2.62 bits per heavy atom. The molecule has 0 spiro atoms. The summed E-state index contributed by atoms with van der Waals surface area (Å²) < 4.78 is 11.0. The van der Waals surface area contributed by atoms with Crippen LogP contribution in [0.25, 0.3) is 11.3 Å². The lowest BCUT2D eigenvalue weighted by Crippen LogP contribution is -3.14. The molecule has 1 aromatic carbocycles. The summed E-state index contributed by atoms with van der Waals surface area (Å²) >= 11 is 5.88. The van der Waals surface area contributed by atoms with Crippen molar-refractivity contribution in [2.75, 3.05) is 39.4 Å². The van der Waals surface area contributed by atoms with Crippen molar-refractivity contribution in [3.63, 3.8) is 0 Å². The van der Waals surface area contributed by atoms with Gasteiger partial charge in [-0.2, -0.15) is 0 Å². The largest absolute Gasteiger partial charge is 0.451 e. The van der Waals surface area contributed by atoms with Crippen molar-refractivity contribution in [1.82, 2.24) is 5.32 Å². The van der Waals surface area contributed by atoms with Crippen LogP contribution in [0.5, 0.6) is 0 Å². The van der Waals surface area contributed by atoms with Crippen molar-refractivity contribution in [3.05, 3.63) is 47.2 Å². The lowest BCUT2D eigenvalue weighted by molar-refractivity contribution is -0.908. The Bertz CT molecular complexity index is 663. The standard InChI is InChI=1S/C18H21ClN2O3/c19-15-4-2-14(3-5-15)16-6-7-17(24-16)18(22)20-8-1-9-21-10-12-23-13-11-21/h2-7H,1,8-13H2,(H,20,22)/p+1. The molecule has 1 fully saturated rings. The van der Waals surface area contributed by atoms with Gasteiger partial charge in [0, 0.05) is 23.6 Å². The average Bonchev–Trinajstić information content (AvgIpc) is 3.10. The fourth-order valence-corrected chi connectivity index (χ4v) is 2.89. The van der Waals surface area contributed by atoms with Gasteiger partial charge in [0.1, 0.15) is 18.8 Å². The number of benzene rings is 1. The number of furan rings is 1. The molecular formula is C18H22ClN2O3+. The van der Waals surface area contributed by atoms with Crippen LogP contribution in [0.4, 0.5) is 0 Å². The van der Waals surface area contributed by atoms with Crippen molar-refractivity contribution in [2.45, 2.75) is 6.42 Å². The third-order valence-corrected chi connectivity index (χ3v) is 4.40. The van der Waals surface area contributed by atoms with Crippen LogP contribution in [0.3, 0.4) is 0 Å². The van der Waals surface area contributed by atoms with E-state index >= 15 is 0 Å². The van der Waals surface area contributed by atoms with Gasteiger partial charge in [-0.3, -0.25) is 4.79 Å². The molecule has 24 heavy (non-hydrogen) atoms. The van der Waals surface area contributed by atoms with E-state index < -0.39 is 0 Å². The highest BCUT2D eigenvalue weighted by Crippen LogP contribution is 2.23. The zero-order chi connectivity index (χ0) is 16.8. The van der Waals surface area contributed by atoms with E-state index in [0.29, 0.717) is 23.1 Å².